The highest BCUT2D eigenvalue weighted by molar-refractivity contribution is 5.59. The van der Waals surface area contributed by atoms with Crippen LogP contribution in [0.4, 0.5) is 5.69 Å². The van der Waals surface area contributed by atoms with E-state index >= 15 is 0 Å². The summed E-state index contributed by atoms with van der Waals surface area (Å²) >= 11 is 0. The molecule has 1 saturated heterocycles. The zero-order valence-electron chi connectivity index (χ0n) is 14.2. The Kier molecular flexibility index (Phi) is 5.76. The van der Waals surface area contributed by atoms with Gasteiger partial charge in [0.2, 0.25) is 0 Å². The van der Waals surface area contributed by atoms with E-state index in [9.17, 15) is 10.2 Å². The number of rotatable bonds is 6. The monoisotopic (exact) mass is 334 g/mol. The molecular weight excluding hydrogens is 312 g/mol. The number of benzene rings is 2. The zero-order chi connectivity index (χ0) is 17.5. The molecule has 0 N–H and O–H groups in total. The maximum atomic E-state index is 11.2. The van der Waals surface area contributed by atoms with Crippen molar-refractivity contribution in [1.82, 2.24) is 4.90 Å². The highest BCUT2D eigenvalue weighted by Gasteiger charge is 2.20. The summed E-state index contributed by atoms with van der Waals surface area (Å²) in [4.78, 5) is 15.8. The predicted molar refractivity (Wildman–Crippen MR) is 99.4 cm³/mol. The van der Waals surface area contributed by atoms with E-state index in [-0.39, 0.29) is 6.04 Å². The van der Waals surface area contributed by atoms with E-state index in [0.29, 0.717) is 0 Å². The van der Waals surface area contributed by atoms with Crippen LogP contribution in [0.15, 0.2) is 59.8 Å². The van der Waals surface area contributed by atoms with Crippen molar-refractivity contribution in [3.8, 4) is 6.07 Å². The van der Waals surface area contributed by atoms with Crippen molar-refractivity contribution in [2.45, 2.75) is 12.5 Å². The SMILES string of the molecule is N#Cc1ccccc1N1CCN(CCC(N=O)c2ccccc2)CC1. The molecule has 25 heavy (non-hydrogen) atoms. The summed E-state index contributed by atoms with van der Waals surface area (Å²) in [7, 11) is 0. The second-order valence-corrected chi connectivity index (χ2v) is 6.28. The molecule has 2 aromatic rings. The molecule has 0 aliphatic carbocycles. The van der Waals surface area contributed by atoms with Gasteiger partial charge >= 0.3 is 0 Å². The highest BCUT2D eigenvalue weighted by atomic mass is 16.3. The first kappa shape index (κ1) is 17.1. The lowest BCUT2D eigenvalue weighted by Crippen LogP contribution is -2.47. The lowest BCUT2D eigenvalue weighted by atomic mass is 10.0. The summed E-state index contributed by atoms with van der Waals surface area (Å²) in [6.07, 6.45) is 0.738. The molecule has 2 aromatic carbocycles. The minimum Gasteiger partial charge on any atom is -0.368 e. The number of nitroso groups, excluding NO2 is 1. The average molecular weight is 334 g/mol. The molecular formula is C20H22N4O. The van der Waals surface area contributed by atoms with Gasteiger partial charge in [-0.25, -0.2) is 0 Å². The molecule has 0 spiro atoms. The van der Waals surface area contributed by atoms with Gasteiger partial charge in [0.1, 0.15) is 12.1 Å². The molecule has 128 valence electrons. The molecule has 0 aromatic heterocycles. The Hall–Kier alpha value is -2.71. The summed E-state index contributed by atoms with van der Waals surface area (Å²) in [5.74, 6) is 0. The first-order valence-electron chi connectivity index (χ1n) is 8.65. The van der Waals surface area contributed by atoms with Crippen LogP contribution in [0, 0.1) is 16.2 Å². The van der Waals surface area contributed by atoms with E-state index in [1.807, 2.05) is 54.6 Å². The fourth-order valence-electron chi connectivity index (χ4n) is 3.32. The van der Waals surface area contributed by atoms with Crippen molar-refractivity contribution >= 4 is 5.69 Å². The van der Waals surface area contributed by atoms with Gasteiger partial charge in [-0.05, 0) is 24.1 Å². The molecule has 3 rings (SSSR count). The van der Waals surface area contributed by atoms with Crippen molar-refractivity contribution in [2.75, 3.05) is 37.6 Å². The maximum Gasteiger partial charge on any atom is 0.118 e. The molecule has 1 unspecified atom stereocenters. The third-order valence-corrected chi connectivity index (χ3v) is 4.77. The van der Waals surface area contributed by atoms with Gasteiger partial charge in [0.15, 0.2) is 0 Å². The van der Waals surface area contributed by atoms with Gasteiger partial charge in [-0.15, -0.1) is 0 Å². The van der Waals surface area contributed by atoms with E-state index in [0.717, 1.165) is 56.0 Å². The summed E-state index contributed by atoms with van der Waals surface area (Å²) in [5.41, 5.74) is 2.73. The number of anilines is 1. The van der Waals surface area contributed by atoms with Crippen LogP contribution < -0.4 is 4.90 Å². The van der Waals surface area contributed by atoms with E-state index in [1.54, 1.807) is 0 Å². The Morgan fingerprint density at radius 3 is 2.36 bits per heavy atom. The third-order valence-electron chi connectivity index (χ3n) is 4.77. The van der Waals surface area contributed by atoms with Gasteiger partial charge in [-0.2, -0.15) is 10.2 Å². The Balaban J connectivity index is 1.53. The van der Waals surface area contributed by atoms with Crippen LogP contribution in [0.25, 0.3) is 0 Å². The number of hydrogen-bond acceptors (Lipinski definition) is 5. The van der Waals surface area contributed by atoms with Gasteiger partial charge in [-0.1, -0.05) is 47.6 Å². The number of nitriles is 1. The van der Waals surface area contributed by atoms with Crippen molar-refractivity contribution in [1.29, 1.82) is 5.26 Å². The predicted octanol–water partition coefficient (Wildman–Crippen LogP) is 3.58. The van der Waals surface area contributed by atoms with Gasteiger partial charge < -0.3 is 4.90 Å². The Labute approximate surface area is 148 Å². The van der Waals surface area contributed by atoms with Crippen LogP contribution in [0.5, 0.6) is 0 Å². The quantitative estimate of drug-likeness (QED) is 0.758. The maximum absolute atomic E-state index is 11.2. The molecule has 1 heterocycles. The van der Waals surface area contributed by atoms with Crippen LogP contribution in [0.1, 0.15) is 23.6 Å². The molecule has 5 heteroatoms. The molecule has 0 bridgehead atoms. The fourth-order valence-corrected chi connectivity index (χ4v) is 3.32. The van der Waals surface area contributed by atoms with Gasteiger partial charge in [0.05, 0.1) is 11.3 Å². The van der Waals surface area contributed by atoms with Crippen LogP contribution in [0.2, 0.25) is 0 Å². The lowest BCUT2D eigenvalue weighted by molar-refractivity contribution is 0.248. The van der Waals surface area contributed by atoms with E-state index in [2.05, 4.69) is 21.0 Å². The average Bonchev–Trinajstić information content (AvgIpc) is 2.70. The van der Waals surface area contributed by atoms with E-state index in [1.165, 1.54) is 0 Å². The topological polar surface area (TPSA) is 59.7 Å². The molecule has 1 atom stereocenters. The summed E-state index contributed by atoms with van der Waals surface area (Å²) in [6, 6.07) is 19.5. The lowest BCUT2D eigenvalue weighted by Gasteiger charge is -2.36. The summed E-state index contributed by atoms with van der Waals surface area (Å²) in [5, 5.41) is 12.6. The summed E-state index contributed by atoms with van der Waals surface area (Å²) in [6.45, 7) is 4.51. The fraction of sp³-hybridized carbons (Fsp3) is 0.350. The molecule has 0 radical (unpaired) electrons. The standard InChI is InChI=1S/C20H22N4O/c21-16-18-8-4-5-9-20(18)24-14-12-23(13-15-24)11-10-19(22-25)17-6-2-1-3-7-17/h1-9,19H,10-15H2. The first-order chi connectivity index (χ1) is 12.3. The van der Waals surface area contributed by atoms with Crippen LogP contribution in [-0.2, 0) is 0 Å². The highest BCUT2D eigenvalue weighted by Crippen LogP contribution is 2.23. The van der Waals surface area contributed by atoms with Gasteiger partial charge in [-0.3, -0.25) is 4.90 Å². The Morgan fingerprint density at radius 2 is 1.68 bits per heavy atom. The number of para-hydroxylation sites is 1. The van der Waals surface area contributed by atoms with Crippen LogP contribution in [-0.4, -0.2) is 37.6 Å². The van der Waals surface area contributed by atoms with Crippen molar-refractivity contribution < 1.29 is 0 Å². The van der Waals surface area contributed by atoms with Crippen LogP contribution in [0.3, 0.4) is 0 Å². The normalized spacial score (nSPS) is 16.2. The van der Waals surface area contributed by atoms with Crippen molar-refractivity contribution in [3.63, 3.8) is 0 Å². The third kappa shape index (κ3) is 4.23. The smallest absolute Gasteiger partial charge is 0.118 e. The van der Waals surface area contributed by atoms with E-state index in [4.69, 9.17) is 0 Å². The molecule has 1 aliphatic heterocycles. The molecule has 1 aliphatic rings. The molecule has 5 nitrogen and oxygen atoms in total. The zero-order valence-corrected chi connectivity index (χ0v) is 14.2. The van der Waals surface area contributed by atoms with Gasteiger partial charge in [0, 0.05) is 32.7 Å². The number of hydrogen-bond donors (Lipinski definition) is 0. The second kappa shape index (κ2) is 8.41. The number of nitrogens with zero attached hydrogens (tertiary/aromatic N) is 4. The Bertz CT molecular complexity index is 733. The Morgan fingerprint density at radius 1 is 1.00 bits per heavy atom. The molecule has 0 saturated carbocycles. The minimum absolute atomic E-state index is 0.279. The minimum atomic E-state index is -0.279. The van der Waals surface area contributed by atoms with Crippen LogP contribution >= 0.6 is 0 Å². The van der Waals surface area contributed by atoms with Crippen molar-refractivity contribution in [2.24, 2.45) is 5.18 Å². The van der Waals surface area contributed by atoms with Crippen molar-refractivity contribution in [3.05, 3.63) is 70.6 Å². The molecule has 0 amide bonds. The largest absolute Gasteiger partial charge is 0.368 e. The molecule has 1 fully saturated rings. The van der Waals surface area contributed by atoms with E-state index < -0.39 is 0 Å². The number of piperazine rings is 1. The van der Waals surface area contributed by atoms with Gasteiger partial charge in [0.25, 0.3) is 0 Å². The second-order valence-electron chi connectivity index (χ2n) is 6.28. The first-order valence-corrected chi connectivity index (χ1v) is 8.65. The summed E-state index contributed by atoms with van der Waals surface area (Å²) < 4.78 is 0.